The first-order valence-corrected chi connectivity index (χ1v) is 21.6. The van der Waals surface area contributed by atoms with Crippen LogP contribution in [-0.4, -0.2) is 0 Å². The highest BCUT2D eigenvalue weighted by Gasteiger charge is 2.38. The van der Waals surface area contributed by atoms with Crippen LogP contribution in [0.15, 0.2) is 265 Å². The highest BCUT2D eigenvalue weighted by Crippen LogP contribution is 2.46. The topological polar surface area (TPSA) is 16.4 Å². The van der Waals surface area contributed by atoms with E-state index in [0.29, 0.717) is 0 Å². The van der Waals surface area contributed by atoms with Crippen LogP contribution >= 0.6 is 0 Å². The molecule has 0 fully saturated rings. The molecule has 11 aromatic rings. The highest BCUT2D eigenvalue weighted by atomic mass is 16.3. The van der Waals surface area contributed by atoms with Gasteiger partial charge in [0.2, 0.25) is 0 Å². The lowest BCUT2D eigenvalue weighted by Gasteiger charge is -2.37. The van der Waals surface area contributed by atoms with E-state index in [2.05, 4.69) is 254 Å². The summed E-state index contributed by atoms with van der Waals surface area (Å²) in [5.74, 6) is 0. The molecule has 2 nitrogen and oxygen atoms in total. The predicted molar refractivity (Wildman–Crippen MR) is 263 cm³/mol. The summed E-state index contributed by atoms with van der Waals surface area (Å²) in [7, 11) is 0. The zero-order valence-electron chi connectivity index (χ0n) is 34.7. The summed E-state index contributed by atoms with van der Waals surface area (Å²) in [5, 5.41) is 2.26. The number of rotatable bonds is 10. The molecule has 1 aromatic heterocycles. The van der Waals surface area contributed by atoms with Crippen molar-refractivity contribution in [1.82, 2.24) is 0 Å². The molecule has 2 heteroatoms. The van der Waals surface area contributed by atoms with Crippen LogP contribution in [0.5, 0.6) is 0 Å². The van der Waals surface area contributed by atoms with Crippen molar-refractivity contribution in [2.24, 2.45) is 0 Å². The minimum absolute atomic E-state index is 0.503. The fraction of sp³-hybridized carbons (Fsp3) is 0.0164. The molecule has 0 unspecified atom stereocenters. The van der Waals surface area contributed by atoms with Gasteiger partial charge in [0, 0.05) is 27.8 Å². The summed E-state index contributed by atoms with van der Waals surface area (Å²) >= 11 is 0. The fourth-order valence-electron chi connectivity index (χ4n) is 9.39. The van der Waals surface area contributed by atoms with E-state index < -0.39 is 5.41 Å². The first kappa shape index (κ1) is 37.8. The lowest BCUT2D eigenvalue weighted by Crippen LogP contribution is -2.30. The van der Waals surface area contributed by atoms with Crippen molar-refractivity contribution in [1.29, 1.82) is 0 Å². The standard InChI is InChI=1S/C61H43NO/c1-5-16-44(17-6-1)45-30-37-54(38-31-45)62(55-39-32-47(33-40-55)49-34-41-60-58(43-49)57-26-13-14-27-59(57)63-60)56-25-15-18-48(42-56)46-28-35-53(36-29-46)61(50-19-7-2-8-20-50,51-21-9-3-10-22-51)52-23-11-4-12-24-52/h1-43H. The van der Waals surface area contributed by atoms with Crippen molar-refractivity contribution in [3.8, 4) is 33.4 Å². The fourth-order valence-corrected chi connectivity index (χ4v) is 9.39. The maximum atomic E-state index is 6.14. The van der Waals surface area contributed by atoms with Gasteiger partial charge in [0.1, 0.15) is 11.2 Å². The van der Waals surface area contributed by atoms with E-state index >= 15 is 0 Å². The van der Waals surface area contributed by atoms with Gasteiger partial charge in [-0.05, 0) is 110 Å². The van der Waals surface area contributed by atoms with Gasteiger partial charge in [-0.1, -0.05) is 206 Å². The van der Waals surface area contributed by atoms with Crippen molar-refractivity contribution < 1.29 is 4.42 Å². The van der Waals surface area contributed by atoms with Gasteiger partial charge in [-0.2, -0.15) is 0 Å². The summed E-state index contributed by atoms with van der Waals surface area (Å²) in [6.45, 7) is 0. The molecule has 0 aliphatic carbocycles. The Labute approximate surface area is 368 Å². The van der Waals surface area contributed by atoms with Crippen LogP contribution in [-0.2, 0) is 5.41 Å². The Balaban J connectivity index is 0.987. The van der Waals surface area contributed by atoms with E-state index in [1.54, 1.807) is 0 Å². The van der Waals surface area contributed by atoms with Crippen molar-refractivity contribution in [3.05, 3.63) is 283 Å². The lowest BCUT2D eigenvalue weighted by molar-refractivity contribution is 0.669. The molecule has 10 aromatic carbocycles. The average molecular weight is 806 g/mol. The van der Waals surface area contributed by atoms with Crippen molar-refractivity contribution in [3.63, 3.8) is 0 Å². The minimum Gasteiger partial charge on any atom is -0.456 e. The van der Waals surface area contributed by atoms with Gasteiger partial charge in [0.05, 0.1) is 5.41 Å². The highest BCUT2D eigenvalue weighted by molar-refractivity contribution is 6.06. The minimum atomic E-state index is -0.503. The van der Waals surface area contributed by atoms with Gasteiger partial charge in [0.25, 0.3) is 0 Å². The number of benzene rings is 10. The molecule has 1 heterocycles. The molecule has 63 heavy (non-hydrogen) atoms. The third-order valence-electron chi connectivity index (χ3n) is 12.4. The number of hydrogen-bond donors (Lipinski definition) is 0. The molecular formula is C61H43NO. The molecule has 0 aliphatic rings. The van der Waals surface area contributed by atoms with E-state index in [4.69, 9.17) is 4.42 Å². The summed E-state index contributed by atoms with van der Waals surface area (Å²) in [6.07, 6.45) is 0. The largest absolute Gasteiger partial charge is 0.456 e. The molecular weight excluding hydrogens is 763 g/mol. The second kappa shape index (κ2) is 16.3. The molecule has 0 N–H and O–H groups in total. The van der Waals surface area contributed by atoms with Crippen LogP contribution in [0.25, 0.3) is 55.3 Å². The number of furan rings is 1. The van der Waals surface area contributed by atoms with Crippen molar-refractivity contribution in [2.75, 3.05) is 4.90 Å². The molecule has 0 saturated heterocycles. The monoisotopic (exact) mass is 805 g/mol. The molecule has 0 aliphatic heterocycles. The van der Waals surface area contributed by atoms with E-state index in [9.17, 15) is 0 Å². The van der Waals surface area contributed by atoms with Crippen molar-refractivity contribution >= 4 is 39.0 Å². The third kappa shape index (κ3) is 6.98. The van der Waals surface area contributed by atoms with Crippen LogP contribution in [0.1, 0.15) is 22.3 Å². The first-order chi connectivity index (χ1) is 31.2. The lowest BCUT2D eigenvalue weighted by atomic mass is 9.65. The Bertz CT molecular complexity index is 3190. The zero-order chi connectivity index (χ0) is 42.0. The summed E-state index contributed by atoms with van der Waals surface area (Å²) in [5.41, 5.74) is 16.4. The van der Waals surface area contributed by atoms with Crippen LogP contribution in [0, 0.1) is 0 Å². The number of hydrogen-bond acceptors (Lipinski definition) is 2. The molecule has 0 saturated carbocycles. The molecule has 0 amide bonds. The van der Waals surface area contributed by atoms with E-state index in [0.717, 1.165) is 61.3 Å². The maximum absolute atomic E-state index is 6.14. The second-order valence-electron chi connectivity index (χ2n) is 16.1. The van der Waals surface area contributed by atoms with Crippen LogP contribution in [0.2, 0.25) is 0 Å². The SMILES string of the molecule is c1ccc(-c2ccc(N(c3ccc(-c4ccc5oc6ccccc6c5c4)cc3)c3cccc(-c4ccc(C(c5ccccc5)(c5ccccc5)c5ccccc5)cc4)c3)cc2)cc1. The van der Waals surface area contributed by atoms with Gasteiger partial charge in [-0.25, -0.2) is 0 Å². The third-order valence-corrected chi connectivity index (χ3v) is 12.4. The predicted octanol–water partition coefficient (Wildman–Crippen LogP) is 16.4. The number of para-hydroxylation sites is 1. The van der Waals surface area contributed by atoms with Crippen LogP contribution < -0.4 is 4.90 Å². The Morgan fingerprint density at radius 1 is 0.254 bits per heavy atom. The average Bonchev–Trinajstić information content (AvgIpc) is 3.74. The summed E-state index contributed by atoms with van der Waals surface area (Å²) < 4.78 is 6.14. The number of nitrogens with zero attached hydrogens (tertiary/aromatic N) is 1. The number of fused-ring (bicyclic) bond motifs is 3. The van der Waals surface area contributed by atoms with Crippen LogP contribution in [0.4, 0.5) is 17.1 Å². The van der Waals surface area contributed by atoms with Gasteiger partial charge in [-0.15, -0.1) is 0 Å². The summed E-state index contributed by atoms with van der Waals surface area (Å²) in [4.78, 5) is 2.36. The Morgan fingerprint density at radius 2 is 0.651 bits per heavy atom. The van der Waals surface area contributed by atoms with Gasteiger partial charge in [0.15, 0.2) is 0 Å². The Kier molecular flexibility index (Phi) is 9.80. The normalized spacial score (nSPS) is 11.5. The quantitative estimate of drug-likeness (QED) is 0.128. The van der Waals surface area contributed by atoms with E-state index in [-0.39, 0.29) is 0 Å². The maximum Gasteiger partial charge on any atom is 0.135 e. The van der Waals surface area contributed by atoms with Crippen molar-refractivity contribution in [2.45, 2.75) is 5.41 Å². The zero-order valence-corrected chi connectivity index (χ0v) is 34.7. The Hall–Kier alpha value is -8.20. The Morgan fingerprint density at radius 3 is 1.22 bits per heavy atom. The van der Waals surface area contributed by atoms with E-state index in [1.807, 2.05) is 12.1 Å². The molecule has 298 valence electrons. The summed E-state index contributed by atoms with van der Waals surface area (Å²) in [6, 6.07) is 93.9. The molecule has 0 bridgehead atoms. The molecule has 0 atom stereocenters. The number of anilines is 3. The first-order valence-electron chi connectivity index (χ1n) is 21.6. The van der Waals surface area contributed by atoms with Gasteiger partial charge < -0.3 is 9.32 Å². The smallest absolute Gasteiger partial charge is 0.135 e. The molecule has 11 rings (SSSR count). The van der Waals surface area contributed by atoms with Gasteiger partial charge >= 0.3 is 0 Å². The van der Waals surface area contributed by atoms with E-state index in [1.165, 1.54) is 33.4 Å². The van der Waals surface area contributed by atoms with Gasteiger partial charge in [-0.3, -0.25) is 0 Å². The molecule has 0 radical (unpaired) electrons. The molecule has 0 spiro atoms. The second-order valence-corrected chi connectivity index (χ2v) is 16.1. The van der Waals surface area contributed by atoms with Crippen LogP contribution in [0.3, 0.4) is 0 Å².